The first-order chi connectivity index (χ1) is 14.0. The number of ether oxygens (including phenoxy) is 1. The average molecular weight is 462 g/mol. The molecule has 0 N–H and O–H groups in total. The summed E-state index contributed by atoms with van der Waals surface area (Å²) in [7, 11) is -3.44. The third-order valence-corrected chi connectivity index (χ3v) is 7.39. The van der Waals surface area contributed by atoms with Gasteiger partial charge in [0.05, 0.1) is 10.1 Å². The van der Waals surface area contributed by atoms with Gasteiger partial charge in [-0.2, -0.15) is 13.2 Å². The number of aromatic nitrogens is 1. The van der Waals surface area contributed by atoms with Crippen molar-refractivity contribution in [3.8, 4) is 5.88 Å². The molecule has 3 rings (SSSR count). The van der Waals surface area contributed by atoms with Crippen molar-refractivity contribution in [1.82, 2.24) is 4.98 Å². The molecule has 10 heteroatoms. The zero-order valence-corrected chi connectivity index (χ0v) is 17.3. The second-order valence-corrected chi connectivity index (χ2v) is 9.88. The van der Waals surface area contributed by atoms with Crippen LogP contribution in [-0.2, 0) is 9.84 Å². The number of Topliss-reactive ketones (excluding diaryl/α,β-unsaturated/α-hetero) is 1. The number of alkyl halides is 3. The molecule has 0 spiro atoms. The molecule has 1 saturated carbocycles. The van der Waals surface area contributed by atoms with E-state index in [1.54, 1.807) is 12.1 Å². The molecule has 0 unspecified atom stereocenters. The van der Waals surface area contributed by atoms with Gasteiger partial charge in [-0.05, 0) is 49.4 Å². The first-order valence-electron chi connectivity index (χ1n) is 9.23. The van der Waals surface area contributed by atoms with E-state index in [0.29, 0.717) is 24.3 Å². The van der Waals surface area contributed by atoms with E-state index in [2.05, 4.69) is 9.72 Å². The molecule has 1 aromatic carbocycles. The Labute approximate surface area is 177 Å². The van der Waals surface area contributed by atoms with Gasteiger partial charge in [0, 0.05) is 29.3 Å². The summed E-state index contributed by atoms with van der Waals surface area (Å²) in [6, 6.07) is 8.75. The highest BCUT2D eigenvalue weighted by atomic mass is 35.5. The molecule has 5 nitrogen and oxygen atoms in total. The van der Waals surface area contributed by atoms with Crippen molar-refractivity contribution in [3.05, 3.63) is 53.2 Å². The molecule has 1 aromatic heterocycles. The number of carbonyl (C=O) groups is 1. The Hall–Kier alpha value is -2.13. The van der Waals surface area contributed by atoms with Crippen molar-refractivity contribution in [3.63, 3.8) is 0 Å². The first-order valence-corrected chi connectivity index (χ1v) is 11.2. The minimum atomic E-state index is -4.46. The summed E-state index contributed by atoms with van der Waals surface area (Å²) in [6.45, 7) is -1.45. The van der Waals surface area contributed by atoms with Crippen LogP contribution in [0.4, 0.5) is 13.2 Å². The van der Waals surface area contributed by atoms with Gasteiger partial charge >= 0.3 is 6.18 Å². The van der Waals surface area contributed by atoms with E-state index in [-0.39, 0.29) is 34.5 Å². The van der Waals surface area contributed by atoms with Crippen LogP contribution >= 0.6 is 11.6 Å². The SMILES string of the molecule is O=C(CCC1CC(S(=O)(=O)c2cccc(Cl)c2)C1)c1ccc(OCC(F)(F)F)nc1. The summed E-state index contributed by atoms with van der Waals surface area (Å²) in [5.41, 5.74) is 0.275. The summed E-state index contributed by atoms with van der Waals surface area (Å²) in [4.78, 5) is 16.2. The van der Waals surface area contributed by atoms with E-state index in [0.717, 1.165) is 0 Å². The molecular formula is C20H19ClF3NO4S. The molecule has 0 bridgehead atoms. The molecule has 0 saturated heterocycles. The largest absolute Gasteiger partial charge is 0.468 e. The summed E-state index contributed by atoms with van der Waals surface area (Å²) in [5.74, 6) is -0.293. The van der Waals surface area contributed by atoms with Crippen LogP contribution in [0.2, 0.25) is 5.02 Å². The highest BCUT2D eigenvalue weighted by Crippen LogP contribution is 2.39. The van der Waals surface area contributed by atoms with Crippen molar-refractivity contribution in [2.45, 2.75) is 42.0 Å². The first kappa shape index (κ1) is 22.6. The highest BCUT2D eigenvalue weighted by Gasteiger charge is 2.39. The Balaban J connectivity index is 1.46. The van der Waals surface area contributed by atoms with Gasteiger partial charge < -0.3 is 4.74 Å². The lowest BCUT2D eigenvalue weighted by Crippen LogP contribution is -2.36. The van der Waals surface area contributed by atoms with Crippen LogP contribution < -0.4 is 4.74 Å². The molecule has 0 amide bonds. The van der Waals surface area contributed by atoms with Gasteiger partial charge in [0.25, 0.3) is 0 Å². The van der Waals surface area contributed by atoms with Crippen LogP contribution in [0, 0.1) is 5.92 Å². The maximum atomic E-state index is 12.6. The number of ketones is 1. The maximum absolute atomic E-state index is 12.6. The van der Waals surface area contributed by atoms with Crippen molar-refractivity contribution in [2.24, 2.45) is 5.92 Å². The molecular weight excluding hydrogens is 443 g/mol. The van der Waals surface area contributed by atoms with Crippen LogP contribution in [0.25, 0.3) is 0 Å². The predicted octanol–water partition coefficient (Wildman–Crippen LogP) is 4.89. The lowest BCUT2D eigenvalue weighted by molar-refractivity contribution is -0.154. The van der Waals surface area contributed by atoms with E-state index in [1.165, 1.54) is 30.5 Å². The second kappa shape index (κ2) is 8.93. The van der Waals surface area contributed by atoms with Gasteiger partial charge in [0.1, 0.15) is 0 Å². The molecule has 0 atom stereocenters. The monoisotopic (exact) mass is 461 g/mol. The van der Waals surface area contributed by atoms with E-state index >= 15 is 0 Å². The predicted molar refractivity (Wildman–Crippen MR) is 105 cm³/mol. The molecule has 0 aliphatic heterocycles. The molecule has 1 aliphatic carbocycles. The zero-order chi connectivity index (χ0) is 21.9. The molecule has 1 fully saturated rings. The molecule has 1 heterocycles. The topological polar surface area (TPSA) is 73.3 Å². The Morgan fingerprint density at radius 2 is 1.93 bits per heavy atom. The average Bonchev–Trinajstić information content (AvgIpc) is 2.64. The van der Waals surface area contributed by atoms with Crippen LogP contribution in [0.15, 0.2) is 47.5 Å². The van der Waals surface area contributed by atoms with E-state index in [9.17, 15) is 26.4 Å². The van der Waals surface area contributed by atoms with Gasteiger partial charge in [-0.1, -0.05) is 17.7 Å². The van der Waals surface area contributed by atoms with E-state index < -0.39 is 27.9 Å². The van der Waals surface area contributed by atoms with Crippen molar-refractivity contribution >= 4 is 27.2 Å². The third kappa shape index (κ3) is 5.72. The van der Waals surface area contributed by atoms with Crippen LogP contribution in [0.1, 0.15) is 36.0 Å². The fraction of sp³-hybridized carbons (Fsp3) is 0.400. The minimum Gasteiger partial charge on any atom is -0.468 e. The van der Waals surface area contributed by atoms with Crippen molar-refractivity contribution < 1.29 is 31.1 Å². The number of hydrogen-bond donors (Lipinski definition) is 0. The highest BCUT2D eigenvalue weighted by molar-refractivity contribution is 7.92. The summed E-state index contributed by atoms with van der Waals surface area (Å²) < 4.78 is 66.1. The number of nitrogens with zero attached hydrogens (tertiary/aromatic N) is 1. The standard InChI is InChI=1S/C20H19ClF3NO4S/c21-15-2-1-3-16(10-15)30(27,28)17-8-13(9-17)4-6-18(26)14-5-7-19(25-11-14)29-12-20(22,23)24/h1-3,5,7,10-11,13,17H,4,6,8-9,12H2. The number of halogens is 4. The fourth-order valence-corrected chi connectivity index (χ4v) is 5.52. The normalized spacial score (nSPS) is 19.2. The van der Waals surface area contributed by atoms with Crippen molar-refractivity contribution in [1.29, 1.82) is 0 Å². The summed E-state index contributed by atoms with van der Waals surface area (Å²) in [5, 5.41) is -0.122. The summed E-state index contributed by atoms with van der Waals surface area (Å²) >= 11 is 5.87. The number of rotatable bonds is 8. The molecule has 30 heavy (non-hydrogen) atoms. The Morgan fingerprint density at radius 1 is 1.20 bits per heavy atom. The lowest BCUT2D eigenvalue weighted by Gasteiger charge is -2.34. The lowest BCUT2D eigenvalue weighted by atomic mass is 9.81. The summed E-state index contributed by atoms with van der Waals surface area (Å²) in [6.07, 6.45) is -1.58. The second-order valence-electron chi connectivity index (χ2n) is 7.21. The van der Waals surface area contributed by atoms with Crippen LogP contribution in [-0.4, -0.2) is 37.2 Å². The van der Waals surface area contributed by atoms with Gasteiger partial charge in [-0.25, -0.2) is 13.4 Å². The number of carbonyl (C=O) groups excluding carboxylic acids is 1. The zero-order valence-electron chi connectivity index (χ0n) is 15.7. The number of hydrogen-bond acceptors (Lipinski definition) is 5. The molecule has 0 radical (unpaired) electrons. The smallest absolute Gasteiger partial charge is 0.422 e. The fourth-order valence-electron chi connectivity index (χ4n) is 3.27. The van der Waals surface area contributed by atoms with Crippen LogP contribution in [0.3, 0.4) is 0 Å². The third-order valence-electron chi connectivity index (χ3n) is 4.98. The maximum Gasteiger partial charge on any atom is 0.422 e. The molecule has 1 aliphatic rings. The van der Waals surface area contributed by atoms with Crippen LogP contribution in [0.5, 0.6) is 5.88 Å². The Morgan fingerprint density at radius 3 is 2.53 bits per heavy atom. The number of pyridine rings is 1. The van der Waals surface area contributed by atoms with Gasteiger partial charge in [0.15, 0.2) is 22.2 Å². The van der Waals surface area contributed by atoms with Gasteiger partial charge in [-0.3, -0.25) is 4.79 Å². The number of sulfone groups is 1. The van der Waals surface area contributed by atoms with Crippen molar-refractivity contribution in [2.75, 3.05) is 6.61 Å². The number of benzene rings is 1. The Kier molecular flexibility index (Phi) is 6.71. The van der Waals surface area contributed by atoms with E-state index in [4.69, 9.17) is 11.6 Å². The minimum absolute atomic E-state index is 0.121. The van der Waals surface area contributed by atoms with Gasteiger partial charge in [0.2, 0.25) is 5.88 Å². The quantitative estimate of drug-likeness (QED) is 0.523. The molecule has 162 valence electrons. The van der Waals surface area contributed by atoms with E-state index in [1.807, 2.05) is 0 Å². The molecule has 2 aromatic rings. The van der Waals surface area contributed by atoms with Gasteiger partial charge in [-0.15, -0.1) is 0 Å². The Bertz CT molecular complexity index is 1000.